The van der Waals surface area contributed by atoms with Crippen LogP contribution in [0.5, 0.6) is 0 Å². The second-order valence-corrected chi connectivity index (χ2v) is 9.00. The summed E-state index contributed by atoms with van der Waals surface area (Å²) in [5, 5.41) is 8.74. The van der Waals surface area contributed by atoms with Crippen LogP contribution >= 0.6 is 0 Å². The van der Waals surface area contributed by atoms with Crippen molar-refractivity contribution < 1.29 is 14.0 Å². The van der Waals surface area contributed by atoms with E-state index in [1.807, 2.05) is 6.07 Å². The molecule has 1 aromatic carbocycles. The number of anilines is 2. The molecule has 4 fully saturated rings. The highest BCUT2D eigenvalue weighted by atomic mass is 19.1. The van der Waals surface area contributed by atoms with Crippen molar-refractivity contribution >= 4 is 23.2 Å². The van der Waals surface area contributed by atoms with E-state index in [0.717, 1.165) is 26.2 Å². The lowest BCUT2D eigenvalue weighted by atomic mass is 9.61. The van der Waals surface area contributed by atoms with E-state index < -0.39 is 6.04 Å². The number of amides is 2. The zero-order valence-corrected chi connectivity index (χ0v) is 16.5. The Balaban J connectivity index is 1.16. The highest BCUT2D eigenvalue weighted by Gasteiger charge is 2.50. The first-order valence-corrected chi connectivity index (χ1v) is 10.6. The number of carbonyl (C=O) groups excluding carboxylic acids is 2. The quantitative estimate of drug-likeness (QED) is 0.652. The monoisotopic (exact) mass is 401 g/mol. The van der Waals surface area contributed by atoms with Crippen molar-refractivity contribution in [2.75, 3.05) is 49.5 Å². The molecule has 1 atom stereocenters. The SMILES string of the molecule is O=C1CCC(Nc2ccc(N3CCN(C4CC5(CNC5)C4)CC3)c(F)c2)C(=O)N1. The molecular formula is C21H28FN5O2. The van der Waals surface area contributed by atoms with Crippen molar-refractivity contribution in [2.45, 2.75) is 37.8 Å². The maximum absolute atomic E-state index is 14.8. The van der Waals surface area contributed by atoms with Crippen LogP contribution in [-0.2, 0) is 9.59 Å². The Labute approximate surface area is 170 Å². The summed E-state index contributed by atoms with van der Waals surface area (Å²) in [5.74, 6) is -0.883. The lowest BCUT2D eigenvalue weighted by molar-refractivity contribution is -0.133. The van der Waals surface area contributed by atoms with Crippen molar-refractivity contribution in [1.82, 2.24) is 15.5 Å². The predicted molar refractivity (Wildman–Crippen MR) is 108 cm³/mol. The highest BCUT2D eigenvalue weighted by Crippen LogP contribution is 2.46. The average Bonchev–Trinajstić information content (AvgIpc) is 2.63. The fraction of sp³-hybridized carbons (Fsp3) is 0.619. The second-order valence-electron chi connectivity index (χ2n) is 9.00. The third-order valence-electron chi connectivity index (χ3n) is 7.04. The van der Waals surface area contributed by atoms with Gasteiger partial charge < -0.3 is 15.5 Å². The van der Waals surface area contributed by atoms with Crippen molar-refractivity contribution in [3.05, 3.63) is 24.0 Å². The Bertz CT molecular complexity index is 811. The maximum atomic E-state index is 14.8. The summed E-state index contributed by atoms with van der Waals surface area (Å²) in [5.41, 5.74) is 1.76. The molecule has 156 valence electrons. The van der Waals surface area contributed by atoms with E-state index in [1.165, 1.54) is 32.0 Å². The number of piperidine rings is 1. The largest absolute Gasteiger partial charge is 0.374 e. The van der Waals surface area contributed by atoms with Crippen LogP contribution < -0.4 is 20.9 Å². The van der Waals surface area contributed by atoms with E-state index in [2.05, 4.69) is 25.8 Å². The van der Waals surface area contributed by atoms with Crippen LogP contribution in [0.15, 0.2) is 18.2 Å². The van der Waals surface area contributed by atoms with Crippen LogP contribution in [0.25, 0.3) is 0 Å². The first-order valence-electron chi connectivity index (χ1n) is 10.6. The highest BCUT2D eigenvalue weighted by molar-refractivity contribution is 6.01. The maximum Gasteiger partial charge on any atom is 0.249 e. The molecule has 7 nitrogen and oxygen atoms in total. The fourth-order valence-electron chi connectivity index (χ4n) is 5.18. The van der Waals surface area contributed by atoms with Crippen molar-refractivity contribution in [3.8, 4) is 0 Å². The first kappa shape index (κ1) is 18.8. The molecule has 3 heterocycles. The minimum Gasteiger partial charge on any atom is -0.374 e. The molecule has 3 N–H and O–H groups in total. The molecule has 8 heteroatoms. The molecule has 1 aromatic rings. The van der Waals surface area contributed by atoms with Gasteiger partial charge in [-0.25, -0.2) is 4.39 Å². The lowest BCUT2D eigenvalue weighted by Crippen LogP contribution is -2.66. The molecule has 1 unspecified atom stereocenters. The van der Waals surface area contributed by atoms with Crippen molar-refractivity contribution in [2.24, 2.45) is 5.41 Å². The number of carbonyl (C=O) groups is 2. The van der Waals surface area contributed by atoms with Crippen molar-refractivity contribution in [3.63, 3.8) is 0 Å². The third kappa shape index (κ3) is 3.59. The number of imide groups is 1. The molecule has 4 aliphatic rings. The molecule has 0 radical (unpaired) electrons. The Kier molecular flexibility index (Phi) is 4.70. The normalized spacial score (nSPS) is 27.3. The number of nitrogens with one attached hydrogen (secondary N) is 3. The topological polar surface area (TPSA) is 76.7 Å². The number of rotatable bonds is 4. The molecule has 1 saturated carbocycles. The Morgan fingerprint density at radius 2 is 1.86 bits per heavy atom. The van der Waals surface area contributed by atoms with Gasteiger partial charge in [0, 0.05) is 57.4 Å². The molecule has 29 heavy (non-hydrogen) atoms. The number of hydrogen-bond donors (Lipinski definition) is 3. The molecule has 0 bridgehead atoms. The van der Waals surface area contributed by atoms with Crippen LogP contribution in [-0.4, -0.2) is 68.1 Å². The summed E-state index contributed by atoms with van der Waals surface area (Å²) in [4.78, 5) is 27.8. The van der Waals surface area contributed by atoms with E-state index in [1.54, 1.807) is 6.07 Å². The van der Waals surface area contributed by atoms with Crippen LogP contribution in [0.4, 0.5) is 15.8 Å². The van der Waals surface area contributed by atoms with Gasteiger partial charge in [0.2, 0.25) is 11.8 Å². The summed E-state index contributed by atoms with van der Waals surface area (Å²) in [6.07, 6.45) is 3.32. The number of hydrogen-bond acceptors (Lipinski definition) is 6. The number of piperazine rings is 1. The van der Waals surface area contributed by atoms with Gasteiger partial charge in [0.25, 0.3) is 0 Å². The van der Waals surface area contributed by atoms with Crippen LogP contribution in [0.3, 0.4) is 0 Å². The molecule has 1 spiro atoms. The van der Waals surface area contributed by atoms with Crippen LogP contribution in [0.1, 0.15) is 25.7 Å². The van der Waals surface area contributed by atoms with Gasteiger partial charge >= 0.3 is 0 Å². The van der Waals surface area contributed by atoms with Gasteiger partial charge in [-0.2, -0.15) is 0 Å². The summed E-state index contributed by atoms with van der Waals surface area (Å²) in [7, 11) is 0. The smallest absolute Gasteiger partial charge is 0.249 e. The third-order valence-corrected chi connectivity index (χ3v) is 7.04. The fourth-order valence-corrected chi connectivity index (χ4v) is 5.18. The van der Waals surface area contributed by atoms with E-state index in [0.29, 0.717) is 35.7 Å². The van der Waals surface area contributed by atoms with Gasteiger partial charge in [-0.05, 0) is 42.9 Å². The summed E-state index contributed by atoms with van der Waals surface area (Å²) >= 11 is 0. The van der Waals surface area contributed by atoms with Gasteiger partial charge in [0.15, 0.2) is 0 Å². The van der Waals surface area contributed by atoms with E-state index in [9.17, 15) is 14.0 Å². The number of halogens is 1. The standard InChI is InChI=1S/C21H28FN5O2/c22-16-9-14(24-17-2-4-19(28)25-20(17)29)1-3-18(16)27-7-5-26(6-8-27)15-10-21(11-15)12-23-13-21/h1,3,9,15,17,23-24H,2,4-8,10-13H2,(H,25,28,29). The second kappa shape index (κ2) is 7.25. The van der Waals surface area contributed by atoms with Gasteiger partial charge in [0.1, 0.15) is 11.9 Å². The predicted octanol–water partition coefficient (Wildman–Crippen LogP) is 0.917. The summed E-state index contributed by atoms with van der Waals surface area (Å²) in [6, 6.07) is 5.25. The van der Waals surface area contributed by atoms with Crippen LogP contribution in [0.2, 0.25) is 0 Å². The molecule has 1 aliphatic carbocycles. The molecule has 2 amide bonds. The zero-order valence-electron chi connectivity index (χ0n) is 16.5. The summed E-state index contributed by atoms with van der Waals surface area (Å²) < 4.78 is 14.8. The molecule has 5 rings (SSSR count). The Morgan fingerprint density at radius 3 is 2.48 bits per heavy atom. The van der Waals surface area contributed by atoms with Gasteiger partial charge in [-0.1, -0.05) is 0 Å². The Morgan fingerprint density at radius 1 is 1.10 bits per heavy atom. The number of nitrogens with zero attached hydrogens (tertiary/aromatic N) is 2. The van der Waals surface area contributed by atoms with Gasteiger partial charge in [-0.15, -0.1) is 0 Å². The first-order chi connectivity index (χ1) is 14.0. The van der Waals surface area contributed by atoms with E-state index >= 15 is 0 Å². The Hall–Kier alpha value is -2.19. The van der Waals surface area contributed by atoms with Crippen molar-refractivity contribution in [1.29, 1.82) is 0 Å². The van der Waals surface area contributed by atoms with Crippen LogP contribution in [0, 0.1) is 11.2 Å². The zero-order chi connectivity index (χ0) is 20.0. The minimum atomic E-state index is -0.502. The average molecular weight is 401 g/mol. The van der Waals surface area contributed by atoms with E-state index in [4.69, 9.17) is 0 Å². The van der Waals surface area contributed by atoms with Gasteiger partial charge in [0.05, 0.1) is 5.69 Å². The molecule has 0 aromatic heterocycles. The molecular weight excluding hydrogens is 373 g/mol. The molecule has 3 aliphatic heterocycles. The molecule has 3 saturated heterocycles. The number of benzene rings is 1. The summed E-state index contributed by atoms with van der Waals surface area (Å²) in [6.45, 7) is 5.97. The lowest BCUT2D eigenvalue weighted by Gasteiger charge is -2.58. The van der Waals surface area contributed by atoms with Gasteiger partial charge in [-0.3, -0.25) is 19.8 Å². The van der Waals surface area contributed by atoms with E-state index in [-0.39, 0.29) is 17.6 Å². The minimum absolute atomic E-state index is 0.254.